The van der Waals surface area contributed by atoms with E-state index in [2.05, 4.69) is 4.90 Å². The second-order valence-corrected chi connectivity index (χ2v) is 9.13. The maximum atomic E-state index is 13.8. The number of para-hydroxylation sites is 1. The van der Waals surface area contributed by atoms with Gasteiger partial charge in [0, 0.05) is 30.6 Å². The number of methoxy groups -OCH3 is 2. The number of nitrogens with zero attached hydrogens (tertiary/aromatic N) is 2. The Morgan fingerprint density at radius 3 is 2.74 bits per heavy atom. The maximum absolute atomic E-state index is 13.8. The number of aromatic hydroxyl groups is 1. The highest BCUT2D eigenvalue weighted by atomic mass is 35.5. The lowest BCUT2D eigenvalue weighted by Gasteiger charge is -2.34. The van der Waals surface area contributed by atoms with Gasteiger partial charge in [0.15, 0.2) is 11.5 Å². The van der Waals surface area contributed by atoms with Crippen molar-refractivity contribution >= 4 is 17.5 Å². The Morgan fingerprint density at radius 1 is 1.19 bits per heavy atom. The van der Waals surface area contributed by atoms with Crippen LogP contribution in [0, 0.1) is 5.92 Å². The van der Waals surface area contributed by atoms with Crippen LogP contribution in [0.2, 0.25) is 5.02 Å². The van der Waals surface area contributed by atoms with Crippen molar-refractivity contribution in [2.45, 2.75) is 37.4 Å². The first-order valence-electron chi connectivity index (χ1n) is 10.7. The molecular formula is C24H27ClN2O4. The van der Waals surface area contributed by atoms with E-state index < -0.39 is 5.54 Å². The van der Waals surface area contributed by atoms with Gasteiger partial charge in [-0.15, -0.1) is 0 Å². The molecule has 3 aliphatic rings. The second-order valence-electron chi connectivity index (χ2n) is 8.72. The molecule has 0 radical (unpaired) electrons. The van der Waals surface area contributed by atoms with Crippen LogP contribution in [0.3, 0.4) is 0 Å². The third-order valence-corrected chi connectivity index (χ3v) is 7.62. The fourth-order valence-electron chi connectivity index (χ4n) is 6.01. The zero-order valence-corrected chi connectivity index (χ0v) is 18.6. The van der Waals surface area contributed by atoms with Crippen LogP contribution in [-0.4, -0.2) is 53.7 Å². The molecule has 164 valence electrons. The summed E-state index contributed by atoms with van der Waals surface area (Å²) in [6.45, 7) is 2.20. The average Bonchev–Trinajstić information content (AvgIpc) is 3.41. The number of hydrogen-bond acceptors (Lipinski definition) is 5. The van der Waals surface area contributed by atoms with Crippen LogP contribution < -0.4 is 9.47 Å². The molecule has 0 aromatic heterocycles. The monoisotopic (exact) mass is 442 g/mol. The largest absolute Gasteiger partial charge is 0.503 e. The van der Waals surface area contributed by atoms with E-state index in [0.717, 1.165) is 49.2 Å². The van der Waals surface area contributed by atoms with Crippen LogP contribution in [0.4, 0.5) is 0 Å². The Balaban J connectivity index is 1.44. The van der Waals surface area contributed by atoms with Gasteiger partial charge in [0.25, 0.3) is 0 Å². The van der Waals surface area contributed by atoms with Gasteiger partial charge in [0.05, 0.1) is 19.2 Å². The predicted octanol–water partition coefficient (Wildman–Crippen LogP) is 4.00. The Morgan fingerprint density at radius 2 is 1.97 bits per heavy atom. The molecule has 1 spiro atoms. The Bertz CT molecular complexity index is 1030. The van der Waals surface area contributed by atoms with Crippen LogP contribution >= 0.6 is 11.6 Å². The van der Waals surface area contributed by atoms with Crippen molar-refractivity contribution in [1.29, 1.82) is 0 Å². The highest BCUT2D eigenvalue weighted by molar-refractivity contribution is 6.32. The van der Waals surface area contributed by atoms with Crippen molar-refractivity contribution in [3.63, 3.8) is 0 Å². The molecule has 31 heavy (non-hydrogen) atoms. The number of ether oxygens (including phenoxy) is 2. The van der Waals surface area contributed by atoms with Gasteiger partial charge in [-0.25, -0.2) is 0 Å². The van der Waals surface area contributed by atoms with E-state index >= 15 is 0 Å². The quantitative estimate of drug-likeness (QED) is 0.758. The molecule has 1 amide bonds. The number of hydrogen-bond donors (Lipinski definition) is 1. The zero-order chi connectivity index (χ0) is 21.8. The summed E-state index contributed by atoms with van der Waals surface area (Å²) in [4.78, 5) is 18.1. The number of benzene rings is 2. The first-order valence-corrected chi connectivity index (χ1v) is 11.1. The van der Waals surface area contributed by atoms with E-state index in [4.69, 9.17) is 21.1 Å². The number of carbonyl (C=O) groups is 1. The summed E-state index contributed by atoms with van der Waals surface area (Å²) in [5.41, 5.74) is 1.59. The summed E-state index contributed by atoms with van der Waals surface area (Å²) < 4.78 is 10.8. The molecule has 6 nitrogen and oxygen atoms in total. The normalized spacial score (nSPS) is 27.5. The third kappa shape index (κ3) is 2.99. The van der Waals surface area contributed by atoms with Gasteiger partial charge in [0.2, 0.25) is 5.91 Å². The van der Waals surface area contributed by atoms with E-state index in [0.29, 0.717) is 12.3 Å². The fraction of sp³-hybridized carbons (Fsp3) is 0.458. The predicted molar refractivity (Wildman–Crippen MR) is 118 cm³/mol. The molecule has 3 fully saturated rings. The first kappa shape index (κ1) is 20.5. The number of carbonyl (C=O) groups excluding carboxylic acids is 1. The molecule has 0 bridgehead atoms. The van der Waals surface area contributed by atoms with Crippen LogP contribution in [-0.2, 0) is 11.3 Å². The zero-order valence-electron chi connectivity index (χ0n) is 17.8. The van der Waals surface area contributed by atoms with E-state index in [1.807, 2.05) is 41.3 Å². The summed E-state index contributed by atoms with van der Waals surface area (Å²) in [6.07, 6.45) is 2.78. The lowest BCUT2D eigenvalue weighted by atomic mass is 9.85. The molecule has 3 saturated heterocycles. The van der Waals surface area contributed by atoms with Gasteiger partial charge < -0.3 is 19.5 Å². The van der Waals surface area contributed by atoms with Crippen molar-refractivity contribution in [2.24, 2.45) is 5.92 Å². The van der Waals surface area contributed by atoms with Gasteiger partial charge >= 0.3 is 0 Å². The molecule has 3 aliphatic heterocycles. The first-order chi connectivity index (χ1) is 15.0. The number of amides is 1. The highest BCUT2D eigenvalue weighted by Gasteiger charge is 2.65. The molecule has 0 aliphatic carbocycles. The molecule has 3 atom stereocenters. The second kappa shape index (κ2) is 7.61. The number of rotatable bonds is 5. The minimum absolute atomic E-state index is 0.0405. The SMILES string of the molecule is COc1ccccc1CN1C[C@@H]2C[C@@H](c3cc(Cl)c(O)c(OC)c3)N3CCC[C@@]23C1=O. The van der Waals surface area contributed by atoms with Crippen molar-refractivity contribution < 1.29 is 19.4 Å². The Kier molecular flexibility index (Phi) is 5.02. The smallest absolute Gasteiger partial charge is 0.243 e. The van der Waals surface area contributed by atoms with E-state index in [1.54, 1.807) is 7.11 Å². The van der Waals surface area contributed by atoms with Gasteiger partial charge in [-0.2, -0.15) is 0 Å². The maximum Gasteiger partial charge on any atom is 0.243 e. The summed E-state index contributed by atoms with van der Waals surface area (Å²) in [5, 5.41) is 10.4. The molecule has 2 aromatic carbocycles. The topological polar surface area (TPSA) is 62.2 Å². The van der Waals surface area contributed by atoms with Crippen LogP contribution in [0.1, 0.15) is 36.4 Å². The third-order valence-electron chi connectivity index (χ3n) is 7.34. The van der Waals surface area contributed by atoms with Gasteiger partial charge in [-0.05, 0) is 49.6 Å². The standard InChI is InChI=1S/C24H27ClN2O4/c1-30-20-7-4-3-6-15(20)13-26-14-17-12-19(27-9-5-8-24(17,27)23(26)29)16-10-18(25)22(28)21(11-16)31-2/h3-4,6-7,10-11,17,19,28H,5,8-9,12-14H2,1-2H3/t17-,19-,24-/m0/s1. The molecule has 0 saturated carbocycles. The number of phenolic OH excluding ortho intramolecular Hbond substituents is 1. The molecule has 1 N–H and O–H groups in total. The Hall–Kier alpha value is -2.44. The molecule has 5 rings (SSSR count). The summed E-state index contributed by atoms with van der Waals surface area (Å²) in [5.74, 6) is 1.64. The highest BCUT2D eigenvalue weighted by Crippen LogP contribution is 2.57. The van der Waals surface area contributed by atoms with Crippen molar-refractivity contribution in [1.82, 2.24) is 9.80 Å². The lowest BCUT2D eigenvalue weighted by Crippen LogP contribution is -2.49. The van der Waals surface area contributed by atoms with Crippen molar-refractivity contribution in [2.75, 3.05) is 27.3 Å². The van der Waals surface area contributed by atoms with Crippen molar-refractivity contribution in [3.8, 4) is 17.2 Å². The van der Waals surface area contributed by atoms with Crippen molar-refractivity contribution in [3.05, 3.63) is 52.5 Å². The summed E-state index contributed by atoms with van der Waals surface area (Å²) >= 11 is 6.27. The van der Waals surface area contributed by atoms with Crippen LogP contribution in [0.5, 0.6) is 17.2 Å². The molecule has 7 heteroatoms. The average molecular weight is 443 g/mol. The van der Waals surface area contributed by atoms with Gasteiger partial charge in [-0.3, -0.25) is 9.69 Å². The number of halogens is 1. The van der Waals surface area contributed by atoms with Gasteiger partial charge in [0.1, 0.15) is 11.3 Å². The van der Waals surface area contributed by atoms with Gasteiger partial charge in [-0.1, -0.05) is 29.8 Å². The van der Waals surface area contributed by atoms with E-state index in [-0.39, 0.29) is 28.6 Å². The molecule has 0 unspecified atom stereocenters. The van der Waals surface area contributed by atoms with Crippen LogP contribution in [0.15, 0.2) is 36.4 Å². The number of likely N-dealkylation sites (tertiary alicyclic amines) is 1. The van der Waals surface area contributed by atoms with E-state index in [9.17, 15) is 9.90 Å². The van der Waals surface area contributed by atoms with Crippen LogP contribution in [0.25, 0.3) is 0 Å². The lowest BCUT2D eigenvalue weighted by molar-refractivity contribution is -0.137. The number of phenols is 1. The molecular weight excluding hydrogens is 416 g/mol. The minimum atomic E-state index is -0.440. The molecule has 3 heterocycles. The summed E-state index contributed by atoms with van der Waals surface area (Å²) in [6, 6.07) is 11.7. The molecule has 2 aromatic rings. The minimum Gasteiger partial charge on any atom is -0.503 e. The Labute approximate surface area is 187 Å². The fourth-order valence-corrected chi connectivity index (χ4v) is 6.23. The summed E-state index contributed by atoms with van der Waals surface area (Å²) in [7, 11) is 3.19. The van der Waals surface area contributed by atoms with E-state index in [1.165, 1.54) is 7.11 Å².